The van der Waals surface area contributed by atoms with Gasteiger partial charge < -0.3 is 10.1 Å². The van der Waals surface area contributed by atoms with Crippen LogP contribution in [-0.4, -0.2) is 41.3 Å². The summed E-state index contributed by atoms with van der Waals surface area (Å²) in [5, 5.41) is 5.32. The summed E-state index contributed by atoms with van der Waals surface area (Å²) in [4.78, 5) is 51.2. The van der Waals surface area contributed by atoms with Crippen LogP contribution < -0.4 is 10.6 Å². The molecule has 4 amide bonds. The zero-order valence-electron chi connectivity index (χ0n) is 19.2. The number of ether oxygens (including phenoxy) is 1. The zero-order chi connectivity index (χ0) is 24.1. The Morgan fingerprint density at radius 2 is 1.85 bits per heavy atom. The first-order chi connectivity index (χ1) is 16.4. The molecule has 2 aliphatic heterocycles. The van der Waals surface area contributed by atoms with E-state index in [0.717, 1.165) is 17.5 Å². The lowest BCUT2D eigenvalue weighted by molar-refractivity contribution is -0.138. The van der Waals surface area contributed by atoms with Gasteiger partial charge in [0, 0.05) is 18.7 Å². The molecule has 34 heavy (non-hydrogen) atoms. The minimum absolute atomic E-state index is 0.157. The molecule has 0 spiro atoms. The number of likely N-dealkylation sites (tertiary alicyclic amines) is 1. The third kappa shape index (κ3) is 4.81. The molecule has 2 fully saturated rings. The van der Waals surface area contributed by atoms with Crippen LogP contribution in [0.15, 0.2) is 54.6 Å². The largest absolute Gasteiger partial charge is 0.445 e. The van der Waals surface area contributed by atoms with Crippen molar-refractivity contribution in [1.82, 2.24) is 10.2 Å². The number of nitrogens with zero attached hydrogens (tertiary/aromatic N) is 1. The summed E-state index contributed by atoms with van der Waals surface area (Å²) < 4.78 is 5.41. The SMILES string of the molecule is CCC1(c2ccc(NC(=O)[C@@H]3CCCN3C(=O)OCc3ccccc3)cc2)CCC(=O)NC1=O. The van der Waals surface area contributed by atoms with Crippen LogP contribution in [0.2, 0.25) is 0 Å². The maximum Gasteiger partial charge on any atom is 0.410 e. The zero-order valence-corrected chi connectivity index (χ0v) is 19.2. The number of nitrogens with one attached hydrogen (secondary N) is 2. The first-order valence-corrected chi connectivity index (χ1v) is 11.7. The number of hydrogen-bond donors (Lipinski definition) is 2. The molecule has 0 radical (unpaired) electrons. The van der Waals surface area contributed by atoms with Gasteiger partial charge in [0.1, 0.15) is 12.6 Å². The van der Waals surface area contributed by atoms with Crippen LogP contribution in [0.3, 0.4) is 0 Å². The van der Waals surface area contributed by atoms with E-state index in [1.807, 2.05) is 49.4 Å². The number of benzene rings is 2. The van der Waals surface area contributed by atoms with Gasteiger partial charge in [0.05, 0.1) is 5.41 Å². The highest BCUT2D eigenvalue weighted by molar-refractivity contribution is 6.03. The Morgan fingerprint density at radius 1 is 1.12 bits per heavy atom. The second kappa shape index (κ2) is 10.1. The van der Waals surface area contributed by atoms with Gasteiger partial charge in [0.25, 0.3) is 0 Å². The van der Waals surface area contributed by atoms with Crippen molar-refractivity contribution in [2.75, 3.05) is 11.9 Å². The molecule has 4 rings (SSSR count). The predicted molar refractivity (Wildman–Crippen MR) is 126 cm³/mol. The summed E-state index contributed by atoms with van der Waals surface area (Å²) in [7, 11) is 0. The molecular weight excluding hydrogens is 434 g/mol. The Balaban J connectivity index is 1.38. The second-order valence-electron chi connectivity index (χ2n) is 8.77. The number of carbonyl (C=O) groups is 4. The lowest BCUT2D eigenvalue weighted by atomic mass is 9.72. The van der Waals surface area contributed by atoms with Gasteiger partial charge in [0.2, 0.25) is 17.7 Å². The fourth-order valence-corrected chi connectivity index (χ4v) is 4.72. The Kier molecular flexibility index (Phi) is 6.95. The van der Waals surface area contributed by atoms with Crippen molar-refractivity contribution < 1.29 is 23.9 Å². The van der Waals surface area contributed by atoms with Gasteiger partial charge in [-0.3, -0.25) is 24.6 Å². The van der Waals surface area contributed by atoms with Crippen molar-refractivity contribution >= 4 is 29.5 Å². The fourth-order valence-electron chi connectivity index (χ4n) is 4.72. The highest BCUT2D eigenvalue weighted by Gasteiger charge is 2.42. The van der Waals surface area contributed by atoms with Gasteiger partial charge in [-0.2, -0.15) is 0 Å². The molecule has 2 N–H and O–H groups in total. The van der Waals surface area contributed by atoms with E-state index in [4.69, 9.17) is 4.74 Å². The van der Waals surface area contributed by atoms with E-state index in [1.54, 1.807) is 12.1 Å². The summed E-state index contributed by atoms with van der Waals surface area (Å²) >= 11 is 0. The Labute approximate surface area is 198 Å². The Hall–Kier alpha value is -3.68. The molecule has 1 unspecified atom stereocenters. The fraction of sp³-hybridized carbons (Fsp3) is 0.385. The Morgan fingerprint density at radius 3 is 2.53 bits per heavy atom. The van der Waals surface area contributed by atoms with E-state index in [0.29, 0.717) is 37.9 Å². The molecule has 2 aromatic rings. The average molecular weight is 464 g/mol. The Bertz CT molecular complexity index is 1070. The molecule has 0 aromatic heterocycles. The third-order valence-electron chi connectivity index (χ3n) is 6.77. The number of imide groups is 1. The molecule has 8 nitrogen and oxygen atoms in total. The quantitative estimate of drug-likeness (QED) is 0.638. The molecule has 2 aromatic carbocycles. The molecule has 178 valence electrons. The number of rotatable bonds is 6. The average Bonchev–Trinajstić information content (AvgIpc) is 3.35. The lowest BCUT2D eigenvalue weighted by Crippen LogP contribution is -2.51. The maximum absolute atomic E-state index is 12.9. The first kappa shape index (κ1) is 23.5. The molecule has 8 heteroatoms. The summed E-state index contributed by atoms with van der Waals surface area (Å²) in [6.45, 7) is 2.55. The van der Waals surface area contributed by atoms with Crippen LogP contribution in [0, 0.1) is 0 Å². The monoisotopic (exact) mass is 463 g/mol. The van der Waals surface area contributed by atoms with Crippen LogP contribution in [-0.2, 0) is 31.1 Å². The topological polar surface area (TPSA) is 105 Å². The van der Waals surface area contributed by atoms with Crippen molar-refractivity contribution in [1.29, 1.82) is 0 Å². The smallest absolute Gasteiger partial charge is 0.410 e. The molecule has 2 heterocycles. The highest BCUT2D eigenvalue weighted by atomic mass is 16.6. The number of anilines is 1. The van der Waals surface area contributed by atoms with Gasteiger partial charge in [0.15, 0.2) is 0 Å². The van der Waals surface area contributed by atoms with Crippen molar-refractivity contribution in [3.63, 3.8) is 0 Å². The van der Waals surface area contributed by atoms with Crippen molar-refractivity contribution in [3.05, 3.63) is 65.7 Å². The second-order valence-corrected chi connectivity index (χ2v) is 8.77. The van der Waals surface area contributed by atoms with Crippen LogP contribution in [0.4, 0.5) is 10.5 Å². The number of amides is 4. The summed E-state index contributed by atoms with van der Waals surface area (Å²) in [5.41, 5.74) is 1.53. The van der Waals surface area contributed by atoms with E-state index >= 15 is 0 Å². The third-order valence-corrected chi connectivity index (χ3v) is 6.77. The van der Waals surface area contributed by atoms with Crippen LogP contribution in [0.5, 0.6) is 0 Å². The van der Waals surface area contributed by atoms with E-state index < -0.39 is 17.6 Å². The lowest BCUT2D eigenvalue weighted by Gasteiger charge is -2.35. The van der Waals surface area contributed by atoms with E-state index in [9.17, 15) is 19.2 Å². The molecule has 2 aliphatic rings. The first-order valence-electron chi connectivity index (χ1n) is 11.7. The van der Waals surface area contributed by atoms with Gasteiger partial charge in [-0.05, 0) is 48.9 Å². The van der Waals surface area contributed by atoms with Crippen LogP contribution in [0.1, 0.15) is 50.2 Å². The van der Waals surface area contributed by atoms with Crippen LogP contribution >= 0.6 is 0 Å². The minimum atomic E-state index is -0.749. The normalized spacial score (nSPS) is 22.3. The molecule has 0 saturated carbocycles. The van der Waals surface area contributed by atoms with Gasteiger partial charge >= 0.3 is 6.09 Å². The van der Waals surface area contributed by atoms with Crippen molar-refractivity contribution in [2.45, 2.75) is 57.1 Å². The molecule has 0 aliphatic carbocycles. The van der Waals surface area contributed by atoms with Crippen molar-refractivity contribution in [2.24, 2.45) is 0 Å². The maximum atomic E-state index is 12.9. The number of carbonyl (C=O) groups excluding carboxylic acids is 4. The molecule has 0 bridgehead atoms. The molecule has 2 saturated heterocycles. The van der Waals surface area contributed by atoms with Gasteiger partial charge in [-0.15, -0.1) is 0 Å². The van der Waals surface area contributed by atoms with Gasteiger partial charge in [-0.1, -0.05) is 49.4 Å². The standard InChI is InChI=1S/C26H29N3O5/c1-2-26(15-14-22(30)28-24(26)32)19-10-12-20(13-11-19)27-23(31)21-9-6-16-29(21)25(33)34-17-18-7-4-3-5-8-18/h3-5,7-8,10-13,21H,2,6,9,14-17H2,1H3,(H,27,31)(H,28,30,32)/t21-,26?/m0/s1. The molecular formula is C26H29N3O5. The molecule has 2 atom stereocenters. The number of hydrogen-bond acceptors (Lipinski definition) is 5. The van der Waals surface area contributed by atoms with E-state index in [1.165, 1.54) is 4.90 Å². The van der Waals surface area contributed by atoms with E-state index in [-0.39, 0.29) is 24.3 Å². The van der Waals surface area contributed by atoms with Crippen molar-refractivity contribution in [3.8, 4) is 0 Å². The predicted octanol–water partition coefficient (Wildman–Crippen LogP) is 3.51. The highest BCUT2D eigenvalue weighted by Crippen LogP contribution is 2.36. The summed E-state index contributed by atoms with van der Waals surface area (Å²) in [5.74, 6) is -0.798. The van der Waals surface area contributed by atoms with Gasteiger partial charge in [-0.25, -0.2) is 4.79 Å². The van der Waals surface area contributed by atoms with E-state index in [2.05, 4.69) is 10.6 Å². The number of piperidine rings is 1. The summed E-state index contributed by atoms with van der Waals surface area (Å²) in [6.07, 6.45) is 2.12. The summed E-state index contributed by atoms with van der Waals surface area (Å²) in [6, 6.07) is 15.9. The minimum Gasteiger partial charge on any atom is -0.445 e. The van der Waals surface area contributed by atoms with Crippen LogP contribution in [0.25, 0.3) is 0 Å².